The minimum Gasteiger partial charge on any atom is -0.324 e. The van der Waals surface area contributed by atoms with Crippen LogP contribution in [0.5, 0.6) is 0 Å². The van der Waals surface area contributed by atoms with Crippen LogP contribution < -0.4 is 10.0 Å². The van der Waals surface area contributed by atoms with Gasteiger partial charge in [-0.15, -0.1) is 0 Å². The van der Waals surface area contributed by atoms with Crippen LogP contribution in [0.15, 0.2) is 58.4 Å². The first-order valence-corrected chi connectivity index (χ1v) is 11.0. The van der Waals surface area contributed by atoms with Gasteiger partial charge in [-0.3, -0.25) is 0 Å². The number of anilines is 1. The standard InChI is InChI=1S/C21H14ClF4N3O2S/c22-15-4-2-1-3-11(15)7-14-19(26)17(25)9-18-20(14)28-21(29-32(18,30)31)27-10-12-5-6-13(23)8-16(12)24/h1-6,8-9H,7,10H2,(H2,27,28,29). The van der Waals surface area contributed by atoms with Gasteiger partial charge in [0.15, 0.2) is 11.6 Å². The van der Waals surface area contributed by atoms with Crippen LogP contribution in [0.3, 0.4) is 0 Å². The Bertz CT molecular complexity index is 1360. The minimum atomic E-state index is -4.31. The second-order valence-corrected chi connectivity index (χ2v) is 8.98. The number of hydrogen-bond donors (Lipinski definition) is 2. The lowest BCUT2D eigenvalue weighted by molar-refractivity contribution is 0.497. The molecule has 4 rings (SSSR count). The van der Waals surface area contributed by atoms with Crippen molar-refractivity contribution in [3.63, 3.8) is 0 Å². The van der Waals surface area contributed by atoms with Crippen molar-refractivity contribution in [3.05, 3.63) is 93.5 Å². The van der Waals surface area contributed by atoms with Crippen molar-refractivity contribution in [1.29, 1.82) is 0 Å². The molecule has 166 valence electrons. The quantitative estimate of drug-likeness (QED) is 0.526. The van der Waals surface area contributed by atoms with Gasteiger partial charge >= 0.3 is 0 Å². The molecule has 0 aliphatic carbocycles. The van der Waals surface area contributed by atoms with Crippen molar-refractivity contribution in [2.45, 2.75) is 17.9 Å². The van der Waals surface area contributed by atoms with Crippen LogP contribution in [0.2, 0.25) is 5.02 Å². The third-order valence-electron chi connectivity index (χ3n) is 4.79. The van der Waals surface area contributed by atoms with E-state index in [0.29, 0.717) is 22.7 Å². The second kappa shape index (κ2) is 8.44. The summed E-state index contributed by atoms with van der Waals surface area (Å²) >= 11 is 6.12. The average Bonchev–Trinajstić information content (AvgIpc) is 2.72. The van der Waals surface area contributed by atoms with E-state index in [0.717, 1.165) is 12.1 Å². The third kappa shape index (κ3) is 4.28. The number of benzene rings is 3. The lowest BCUT2D eigenvalue weighted by atomic mass is 10.0. The maximum Gasteiger partial charge on any atom is 0.266 e. The van der Waals surface area contributed by atoms with E-state index in [9.17, 15) is 26.0 Å². The Morgan fingerprint density at radius 1 is 0.938 bits per heavy atom. The topological polar surface area (TPSA) is 70.6 Å². The number of nitrogens with zero attached hydrogens (tertiary/aromatic N) is 1. The zero-order chi connectivity index (χ0) is 23.0. The van der Waals surface area contributed by atoms with Gasteiger partial charge in [-0.05, 0) is 23.8 Å². The molecule has 0 spiro atoms. The molecule has 0 unspecified atom stereocenters. The second-order valence-electron chi connectivity index (χ2n) is 6.92. The maximum absolute atomic E-state index is 14.7. The lowest BCUT2D eigenvalue weighted by Crippen LogP contribution is -2.41. The minimum absolute atomic E-state index is 0.00673. The molecule has 0 radical (unpaired) electrons. The van der Waals surface area contributed by atoms with Gasteiger partial charge in [-0.25, -0.2) is 35.7 Å². The molecule has 0 fully saturated rings. The monoisotopic (exact) mass is 483 g/mol. The molecule has 32 heavy (non-hydrogen) atoms. The highest BCUT2D eigenvalue weighted by Crippen LogP contribution is 2.35. The van der Waals surface area contributed by atoms with Crippen LogP contribution in [0.1, 0.15) is 16.7 Å². The molecule has 3 aromatic carbocycles. The van der Waals surface area contributed by atoms with Gasteiger partial charge in [0.1, 0.15) is 16.5 Å². The molecule has 0 saturated heterocycles. The SMILES string of the molecule is O=S1(=O)NC(=NCc2ccc(F)cc2F)Nc2c1cc(F)c(F)c2Cc1ccccc1Cl. The van der Waals surface area contributed by atoms with Gasteiger partial charge in [0.2, 0.25) is 5.96 Å². The molecule has 0 atom stereocenters. The smallest absolute Gasteiger partial charge is 0.266 e. The number of rotatable bonds is 4. The Kier molecular flexibility index (Phi) is 5.83. The molecule has 2 N–H and O–H groups in total. The van der Waals surface area contributed by atoms with Crippen molar-refractivity contribution in [3.8, 4) is 0 Å². The van der Waals surface area contributed by atoms with E-state index in [1.807, 2.05) is 0 Å². The first kappa shape index (κ1) is 22.1. The van der Waals surface area contributed by atoms with E-state index in [1.54, 1.807) is 24.3 Å². The highest BCUT2D eigenvalue weighted by molar-refractivity contribution is 7.90. The summed E-state index contributed by atoms with van der Waals surface area (Å²) in [4.78, 5) is 3.46. The fourth-order valence-corrected chi connectivity index (χ4v) is 4.60. The van der Waals surface area contributed by atoms with Crippen LogP contribution in [0.4, 0.5) is 23.2 Å². The largest absolute Gasteiger partial charge is 0.324 e. The maximum atomic E-state index is 14.7. The molecule has 3 aromatic rings. The number of hydrogen-bond acceptors (Lipinski definition) is 3. The van der Waals surface area contributed by atoms with Gasteiger partial charge in [0.05, 0.1) is 12.2 Å². The van der Waals surface area contributed by atoms with Crippen LogP contribution in [0, 0.1) is 23.3 Å². The van der Waals surface area contributed by atoms with Crippen molar-refractivity contribution in [2.75, 3.05) is 5.32 Å². The number of fused-ring (bicyclic) bond motifs is 1. The molecule has 5 nitrogen and oxygen atoms in total. The van der Waals surface area contributed by atoms with Gasteiger partial charge < -0.3 is 5.32 Å². The van der Waals surface area contributed by atoms with Crippen molar-refractivity contribution in [2.24, 2.45) is 4.99 Å². The van der Waals surface area contributed by atoms with Crippen LogP contribution >= 0.6 is 11.6 Å². The number of sulfonamides is 1. The lowest BCUT2D eigenvalue weighted by Gasteiger charge is -2.25. The highest BCUT2D eigenvalue weighted by atomic mass is 35.5. The molecule has 0 amide bonds. The fourth-order valence-electron chi connectivity index (χ4n) is 3.21. The Hall–Kier alpha value is -3.11. The summed E-state index contributed by atoms with van der Waals surface area (Å²) in [6.45, 7) is -0.337. The molecule has 0 aromatic heterocycles. The zero-order valence-corrected chi connectivity index (χ0v) is 17.7. The Morgan fingerprint density at radius 3 is 2.41 bits per heavy atom. The third-order valence-corrected chi connectivity index (χ3v) is 6.52. The van der Waals surface area contributed by atoms with E-state index in [-0.39, 0.29) is 35.7 Å². The number of guanidine groups is 1. The summed E-state index contributed by atoms with van der Waals surface area (Å²) in [5, 5.41) is 2.94. The summed E-state index contributed by atoms with van der Waals surface area (Å²) in [7, 11) is -4.31. The van der Waals surface area contributed by atoms with E-state index in [2.05, 4.69) is 15.0 Å². The van der Waals surface area contributed by atoms with Gasteiger partial charge in [-0.1, -0.05) is 35.9 Å². The summed E-state index contributed by atoms with van der Waals surface area (Å²) in [6.07, 6.45) is -0.200. The van der Waals surface area contributed by atoms with E-state index in [1.165, 1.54) is 0 Å². The molecule has 1 aliphatic rings. The van der Waals surface area contributed by atoms with Crippen molar-refractivity contribution in [1.82, 2.24) is 4.72 Å². The first-order chi connectivity index (χ1) is 15.2. The van der Waals surface area contributed by atoms with Crippen molar-refractivity contribution >= 4 is 33.3 Å². The molecule has 1 heterocycles. The summed E-state index contributed by atoms with van der Waals surface area (Å²) < 4.78 is 83.3. The van der Waals surface area contributed by atoms with E-state index < -0.39 is 38.2 Å². The first-order valence-electron chi connectivity index (χ1n) is 9.18. The Balaban J connectivity index is 1.76. The van der Waals surface area contributed by atoms with Crippen molar-refractivity contribution < 1.29 is 26.0 Å². The summed E-state index contributed by atoms with van der Waals surface area (Å²) in [5.74, 6) is -4.54. The normalized spacial score (nSPS) is 15.7. The van der Waals surface area contributed by atoms with E-state index >= 15 is 0 Å². The fraction of sp³-hybridized carbons (Fsp3) is 0.0952. The predicted molar refractivity (Wildman–Crippen MR) is 112 cm³/mol. The average molecular weight is 484 g/mol. The molecule has 1 aliphatic heterocycles. The molecule has 0 bridgehead atoms. The van der Waals surface area contributed by atoms with E-state index in [4.69, 9.17) is 11.6 Å². The van der Waals surface area contributed by atoms with Crippen LogP contribution in [-0.4, -0.2) is 14.4 Å². The zero-order valence-electron chi connectivity index (χ0n) is 16.1. The summed E-state index contributed by atoms with van der Waals surface area (Å²) in [6, 6.07) is 9.91. The van der Waals surface area contributed by atoms with Crippen LogP contribution in [0.25, 0.3) is 0 Å². The highest BCUT2D eigenvalue weighted by Gasteiger charge is 2.32. The number of aliphatic imine (C=N–C) groups is 1. The Labute approximate surface area is 185 Å². The molecule has 0 saturated carbocycles. The number of nitrogens with one attached hydrogen (secondary N) is 2. The van der Waals surface area contributed by atoms with Gasteiger partial charge in [0.25, 0.3) is 10.0 Å². The predicted octanol–water partition coefficient (Wildman–Crippen LogP) is 4.75. The van der Waals surface area contributed by atoms with Gasteiger partial charge in [0, 0.05) is 28.6 Å². The van der Waals surface area contributed by atoms with Gasteiger partial charge in [-0.2, -0.15) is 0 Å². The molecular weight excluding hydrogens is 470 g/mol. The molecule has 11 heteroatoms. The summed E-state index contributed by atoms with van der Waals surface area (Å²) in [5.41, 5.74) is -0.0162. The van der Waals surface area contributed by atoms with Crippen LogP contribution in [-0.2, 0) is 23.0 Å². The molecular formula is C21H14ClF4N3O2S. The Morgan fingerprint density at radius 2 is 1.69 bits per heavy atom. The number of halogens is 5.